The van der Waals surface area contributed by atoms with E-state index in [-0.39, 0.29) is 11.8 Å². The van der Waals surface area contributed by atoms with Crippen molar-refractivity contribution in [3.05, 3.63) is 21.9 Å². The minimum atomic E-state index is 0.0339. The number of thiophene rings is 1. The molecule has 0 aliphatic carbocycles. The number of fused-ring (bicyclic) bond motifs is 1. The lowest BCUT2D eigenvalue weighted by Crippen LogP contribution is -2.37. The summed E-state index contributed by atoms with van der Waals surface area (Å²) in [5, 5.41) is 4.90. The number of nitrogens with one attached hydrogen (secondary N) is 1. The molecule has 0 saturated carbocycles. The molecule has 0 fully saturated rings. The molecule has 1 aromatic rings. The highest BCUT2D eigenvalue weighted by Gasteiger charge is 2.21. The molecule has 5 heteroatoms. The third-order valence-electron chi connectivity index (χ3n) is 3.42. The van der Waals surface area contributed by atoms with E-state index < -0.39 is 0 Å². The molecule has 1 aromatic heterocycles. The second-order valence-electron chi connectivity index (χ2n) is 5.63. The van der Waals surface area contributed by atoms with Gasteiger partial charge in [-0.2, -0.15) is 0 Å². The Balaban J connectivity index is 1.72. The Morgan fingerprint density at radius 3 is 3.00 bits per heavy atom. The molecule has 2 rings (SSSR count). The molecule has 2 heterocycles. The van der Waals surface area contributed by atoms with Gasteiger partial charge in [-0.1, -0.05) is 13.8 Å². The van der Waals surface area contributed by atoms with Crippen LogP contribution in [0.5, 0.6) is 0 Å². The van der Waals surface area contributed by atoms with Gasteiger partial charge in [0.2, 0.25) is 11.8 Å². The quantitative estimate of drug-likeness (QED) is 0.905. The van der Waals surface area contributed by atoms with Crippen LogP contribution in [0.15, 0.2) is 11.4 Å². The first-order valence-electron chi connectivity index (χ1n) is 7.16. The molecular weight excluding hydrogens is 272 g/mol. The minimum Gasteiger partial charge on any atom is -0.356 e. The number of amides is 2. The zero-order valence-electron chi connectivity index (χ0n) is 12.1. The zero-order valence-corrected chi connectivity index (χ0v) is 13.0. The summed E-state index contributed by atoms with van der Waals surface area (Å²) in [6.45, 7) is 5.98. The van der Waals surface area contributed by atoms with Gasteiger partial charge in [0.15, 0.2) is 0 Å². The lowest BCUT2D eigenvalue weighted by atomic mass is 10.1. The Bertz CT molecular complexity index is 482. The van der Waals surface area contributed by atoms with Crippen molar-refractivity contribution in [2.45, 2.75) is 39.7 Å². The van der Waals surface area contributed by atoms with Crippen molar-refractivity contribution in [3.8, 4) is 0 Å². The fraction of sp³-hybridized carbons (Fsp3) is 0.600. The van der Waals surface area contributed by atoms with Gasteiger partial charge >= 0.3 is 0 Å². The normalized spacial score (nSPS) is 14.2. The molecule has 0 unspecified atom stereocenters. The van der Waals surface area contributed by atoms with E-state index in [1.54, 1.807) is 11.3 Å². The third kappa shape index (κ3) is 4.07. The molecule has 0 aromatic carbocycles. The van der Waals surface area contributed by atoms with Crippen LogP contribution in [0.3, 0.4) is 0 Å². The van der Waals surface area contributed by atoms with Crippen LogP contribution in [0.4, 0.5) is 0 Å². The van der Waals surface area contributed by atoms with Gasteiger partial charge in [-0.3, -0.25) is 9.59 Å². The molecule has 0 spiro atoms. The molecule has 110 valence electrons. The summed E-state index contributed by atoms with van der Waals surface area (Å²) in [7, 11) is 0. The molecule has 0 saturated heterocycles. The molecule has 0 atom stereocenters. The zero-order chi connectivity index (χ0) is 14.5. The summed E-state index contributed by atoms with van der Waals surface area (Å²) in [6.07, 6.45) is 1.87. The predicted molar refractivity (Wildman–Crippen MR) is 80.5 cm³/mol. The van der Waals surface area contributed by atoms with Gasteiger partial charge in [0.1, 0.15) is 0 Å². The predicted octanol–water partition coefficient (Wildman–Crippen LogP) is 2.19. The van der Waals surface area contributed by atoms with Gasteiger partial charge in [-0.25, -0.2) is 0 Å². The fourth-order valence-electron chi connectivity index (χ4n) is 2.37. The second kappa shape index (κ2) is 6.88. The van der Waals surface area contributed by atoms with Crippen LogP contribution in [-0.2, 0) is 22.6 Å². The topological polar surface area (TPSA) is 49.4 Å². The molecule has 1 aliphatic rings. The number of carbonyl (C=O) groups is 2. The van der Waals surface area contributed by atoms with Gasteiger partial charge in [-0.15, -0.1) is 11.3 Å². The van der Waals surface area contributed by atoms with E-state index in [9.17, 15) is 9.59 Å². The van der Waals surface area contributed by atoms with Crippen molar-refractivity contribution >= 4 is 23.2 Å². The van der Waals surface area contributed by atoms with Crippen LogP contribution in [-0.4, -0.2) is 29.8 Å². The Morgan fingerprint density at radius 1 is 1.45 bits per heavy atom. The molecule has 1 N–H and O–H groups in total. The van der Waals surface area contributed by atoms with E-state index in [0.29, 0.717) is 25.3 Å². The van der Waals surface area contributed by atoms with Crippen molar-refractivity contribution in [3.63, 3.8) is 0 Å². The number of hydrogen-bond donors (Lipinski definition) is 1. The number of carbonyl (C=O) groups excluding carboxylic acids is 2. The Kier molecular flexibility index (Phi) is 5.17. The third-order valence-corrected chi connectivity index (χ3v) is 4.44. The van der Waals surface area contributed by atoms with Gasteiger partial charge in [0.25, 0.3) is 0 Å². The molecule has 0 radical (unpaired) electrons. The summed E-state index contributed by atoms with van der Waals surface area (Å²) in [5.74, 6) is 0.517. The molecular formula is C15H22N2O2S. The maximum absolute atomic E-state index is 12.1. The highest BCUT2D eigenvalue weighted by Crippen LogP contribution is 2.24. The molecule has 2 amide bonds. The van der Waals surface area contributed by atoms with Crippen molar-refractivity contribution in [2.75, 3.05) is 13.1 Å². The monoisotopic (exact) mass is 294 g/mol. The maximum Gasteiger partial charge on any atom is 0.224 e. The van der Waals surface area contributed by atoms with Crippen molar-refractivity contribution in [1.82, 2.24) is 10.2 Å². The van der Waals surface area contributed by atoms with E-state index in [0.717, 1.165) is 19.5 Å². The first-order valence-corrected chi connectivity index (χ1v) is 8.04. The standard InChI is InChI=1S/C15H22N2O2S/c1-11(2)9-14(18)16-6-3-15(19)17-7-4-13-12(10-17)5-8-20-13/h5,8,11H,3-4,6-7,9-10H2,1-2H3,(H,16,18). The SMILES string of the molecule is CC(C)CC(=O)NCCC(=O)N1CCc2sccc2C1. The van der Waals surface area contributed by atoms with Crippen molar-refractivity contribution < 1.29 is 9.59 Å². The summed E-state index contributed by atoms with van der Waals surface area (Å²) >= 11 is 1.77. The summed E-state index contributed by atoms with van der Waals surface area (Å²) in [4.78, 5) is 26.9. The molecule has 0 bridgehead atoms. The smallest absolute Gasteiger partial charge is 0.224 e. The molecule has 20 heavy (non-hydrogen) atoms. The van der Waals surface area contributed by atoms with Crippen LogP contribution in [0, 0.1) is 5.92 Å². The first-order chi connectivity index (χ1) is 9.56. The number of rotatable bonds is 5. The highest BCUT2D eigenvalue weighted by atomic mass is 32.1. The average Bonchev–Trinajstić information content (AvgIpc) is 2.84. The van der Waals surface area contributed by atoms with E-state index in [1.807, 2.05) is 18.7 Å². The molecule has 4 nitrogen and oxygen atoms in total. The van der Waals surface area contributed by atoms with Crippen LogP contribution >= 0.6 is 11.3 Å². The van der Waals surface area contributed by atoms with Crippen molar-refractivity contribution in [1.29, 1.82) is 0 Å². The number of nitrogens with zero attached hydrogens (tertiary/aromatic N) is 1. The molecule has 1 aliphatic heterocycles. The van der Waals surface area contributed by atoms with Crippen LogP contribution in [0.25, 0.3) is 0 Å². The maximum atomic E-state index is 12.1. The lowest BCUT2D eigenvalue weighted by Gasteiger charge is -2.27. The van der Waals surface area contributed by atoms with Gasteiger partial charge in [0, 0.05) is 37.4 Å². The van der Waals surface area contributed by atoms with E-state index in [1.165, 1.54) is 10.4 Å². The van der Waals surface area contributed by atoms with E-state index in [2.05, 4.69) is 16.8 Å². The summed E-state index contributed by atoms with van der Waals surface area (Å²) in [5.41, 5.74) is 1.28. The van der Waals surface area contributed by atoms with Crippen molar-refractivity contribution in [2.24, 2.45) is 5.92 Å². The summed E-state index contributed by atoms with van der Waals surface area (Å²) in [6, 6.07) is 2.10. The van der Waals surface area contributed by atoms with Crippen LogP contribution < -0.4 is 5.32 Å². The van der Waals surface area contributed by atoms with Gasteiger partial charge < -0.3 is 10.2 Å². The fourth-order valence-corrected chi connectivity index (χ4v) is 3.26. The summed E-state index contributed by atoms with van der Waals surface area (Å²) < 4.78 is 0. The van der Waals surface area contributed by atoms with Crippen LogP contribution in [0.1, 0.15) is 37.1 Å². The van der Waals surface area contributed by atoms with E-state index in [4.69, 9.17) is 0 Å². The van der Waals surface area contributed by atoms with Gasteiger partial charge in [0.05, 0.1) is 0 Å². The highest BCUT2D eigenvalue weighted by molar-refractivity contribution is 7.10. The first kappa shape index (κ1) is 15.0. The minimum absolute atomic E-state index is 0.0339. The van der Waals surface area contributed by atoms with Crippen LogP contribution in [0.2, 0.25) is 0 Å². The Morgan fingerprint density at radius 2 is 2.25 bits per heavy atom. The number of hydrogen-bond acceptors (Lipinski definition) is 3. The average molecular weight is 294 g/mol. The second-order valence-corrected chi connectivity index (χ2v) is 6.63. The van der Waals surface area contributed by atoms with E-state index >= 15 is 0 Å². The Labute approximate surface area is 124 Å². The van der Waals surface area contributed by atoms with Gasteiger partial charge in [-0.05, 0) is 29.3 Å². The Hall–Kier alpha value is -1.36. The lowest BCUT2D eigenvalue weighted by molar-refractivity contribution is -0.132. The largest absolute Gasteiger partial charge is 0.356 e.